The second-order valence-electron chi connectivity index (χ2n) is 3.54. The molecule has 0 nitrogen and oxygen atoms in total. The lowest BCUT2D eigenvalue weighted by Gasteiger charge is -1.90. The van der Waals surface area contributed by atoms with Gasteiger partial charge in [0.1, 0.15) is 0 Å². The summed E-state index contributed by atoms with van der Waals surface area (Å²) in [5, 5.41) is 0. The molecule has 0 N–H and O–H groups in total. The Morgan fingerprint density at radius 3 is 2.07 bits per heavy atom. The number of hydrogen-bond acceptors (Lipinski definition) is 0. The van der Waals surface area contributed by atoms with Crippen molar-refractivity contribution in [3.63, 3.8) is 0 Å². The van der Waals surface area contributed by atoms with Crippen molar-refractivity contribution in [2.75, 3.05) is 0 Å². The van der Waals surface area contributed by atoms with Gasteiger partial charge in [0.15, 0.2) is 0 Å². The first kappa shape index (κ1) is 14.0. The quantitative estimate of drug-likeness (QED) is 0.357. The maximum absolute atomic E-state index is 3.67. The van der Waals surface area contributed by atoms with Crippen LogP contribution in [0, 0.1) is 0 Å². The highest BCUT2D eigenvalue weighted by Crippen LogP contribution is 2.00. The van der Waals surface area contributed by atoms with Gasteiger partial charge in [-0.1, -0.05) is 42.5 Å². The first-order chi connectivity index (χ1) is 7.41. The molecule has 0 rings (SSSR count). The van der Waals surface area contributed by atoms with Gasteiger partial charge in [0.2, 0.25) is 0 Å². The standard InChI is InChI=1S/C15H24/c1-3-5-7-9-11-13-15-14-12-10-8-6-4-2/h3-4,6-7,9,14-15H,1,5,8,10-13H2,2H3. The fourth-order valence-corrected chi connectivity index (χ4v) is 1.26. The Hall–Kier alpha value is -1.04. The normalized spacial score (nSPS) is 12.1. The van der Waals surface area contributed by atoms with Crippen molar-refractivity contribution in [3.05, 3.63) is 49.1 Å². The molecule has 0 saturated heterocycles. The average molecular weight is 204 g/mol. The predicted octanol–water partition coefficient (Wildman–Crippen LogP) is 5.20. The van der Waals surface area contributed by atoms with E-state index in [9.17, 15) is 0 Å². The highest BCUT2D eigenvalue weighted by Gasteiger charge is 1.80. The fourth-order valence-electron chi connectivity index (χ4n) is 1.26. The third-order valence-corrected chi connectivity index (χ3v) is 2.11. The van der Waals surface area contributed by atoms with Gasteiger partial charge in [-0.25, -0.2) is 0 Å². The Bertz CT molecular complexity index is 206. The van der Waals surface area contributed by atoms with Crippen molar-refractivity contribution in [2.24, 2.45) is 0 Å². The molecule has 84 valence electrons. The van der Waals surface area contributed by atoms with E-state index in [1.165, 1.54) is 19.3 Å². The van der Waals surface area contributed by atoms with Crippen LogP contribution in [0.5, 0.6) is 0 Å². The molecule has 0 heterocycles. The molecule has 0 saturated carbocycles. The van der Waals surface area contributed by atoms with Crippen molar-refractivity contribution in [1.29, 1.82) is 0 Å². The summed E-state index contributed by atoms with van der Waals surface area (Å²) in [5.74, 6) is 0. The summed E-state index contributed by atoms with van der Waals surface area (Å²) in [4.78, 5) is 0. The van der Waals surface area contributed by atoms with E-state index in [1.54, 1.807) is 0 Å². The van der Waals surface area contributed by atoms with E-state index in [2.05, 4.69) is 50.0 Å². The van der Waals surface area contributed by atoms with E-state index < -0.39 is 0 Å². The van der Waals surface area contributed by atoms with Crippen LogP contribution >= 0.6 is 0 Å². The Labute approximate surface area is 95.1 Å². The summed E-state index contributed by atoms with van der Waals surface area (Å²) in [6, 6.07) is 0. The lowest BCUT2D eigenvalue weighted by atomic mass is 10.2. The largest absolute Gasteiger partial charge is 0.103 e. The summed E-state index contributed by atoms with van der Waals surface area (Å²) in [6.07, 6.45) is 22.3. The van der Waals surface area contributed by atoms with Crippen molar-refractivity contribution >= 4 is 0 Å². The minimum atomic E-state index is 0.993. The molecule has 0 amide bonds. The van der Waals surface area contributed by atoms with Gasteiger partial charge in [-0.2, -0.15) is 0 Å². The smallest absolute Gasteiger partial charge is 0.0172 e. The van der Waals surface area contributed by atoms with Crippen LogP contribution in [0.15, 0.2) is 49.1 Å². The van der Waals surface area contributed by atoms with Crippen LogP contribution in [0.4, 0.5) is 0 Å². The molecule has 0 aromatic carbocycles. The van der Waals surface area contributed by atoms with E-state index in [0.29, 0.717) is 0 Å². The molecule has 0 aromatic rings. The third kappa shape index (κ3) is 13.0. The minimum absolute atomic E-state index is 0.993. The lowest BCUT2D eigenvalue weighted by molar-refractivity contribution is 0.861. The molecule has 0 atom stereocenters. The molecule has 15 heavy (non-hydrogen) atoms. The van der Waals surface area contributed by atoms with Crippen LogP contribution in [0.1, 0.15) is 45.4 Å². The Morgan fingerprint density at radius 2 is 1.40 bits per heavy atom. The SMILES string of the molecule is C=CCC=CCCC=CCCCC=CC. The molecule has 0 aliphatic rings. The third-order valence-electron chi connectivity index (χ3n) is 2.11. The Kier molecular flexibility index (Phi) is 12.1. The van der Waals surface area contributed by atoms with Gasteiger partial charge >= 0.3 is 0 Å². The van der Waals surface area contributed by atoms with Gasteiger partial charge in [-0.15, -0.1) is 6.58 Å². The number of allylic oxidation sites excluding steroid dienone is 7. The zero-order valence-electron chi connectivity index (χ0n) is 9.99. The molecule has 0 aliphatic heterocycles. The van der Waals surface area contributed by atoms with Gasteiger partial charge < -0.3 is 0 Å². The van der Waals surface area contributed by atoms with Crippen LogP contribution in [-0.4, -0.2) is 0 Å². The van der Waals surface area contributed by atoms with Crippen LogP contribution in [0.3, 0.4) is 0 Å². The molecular formula is C15H24. The van der Waals surface area contributed by atoms with E-state index in [1.807, 2.05) is 6.08 Å². The Balaban J connectivity index is 3.20. The summed E-state index contributed by atoms with van der Waals surface area (Å²) < 4.78 is 0. The molecule has 0 bridgehead atoms. The molecule has 0 fully saturated rings. The van der Waals surface area contributed by atoms with Gasteiger partial charge in [0.05, 0.1) is 0 Å². The average Bonchev–Trinajstić information content (AvgIpc) is 2.26. The monoisotopic (exact) mass is 204 g/mol. The van der Waals surface area contributed by atoms with Crippen LogP contribution < -0.4 is 0 Å². The highest BCUT2D eigenvalue weighted by atomic mass is 13.9. The molecule has 0 aliphatic carbocycles. The van der Waals surface area contributed by atoms with Gasteiger partial charge in [0.25, 0.3) is 0 Å². The zero-order valence-corrected chi connectivity index (χ0v) is 9.99. The molecule has 0 radical (unpaired) electrons. The Morgan fingerprint density at radius 1 is 0.800 bits per heavy atom. The minimum Gasteiger partial charge on any atom is -0.103 e. The fraction of sp³-hybridized carbons (Fsp3) is 0.467. The van der Waals surface area contributed by atoms with Gasteiger partial charge in [0, 0.05) is 0 Å². The molecular weight excluding hydrogens is 180 g/mol. The van der Waals surface area contributed by atoms with Gasteiger partial charge in [-0.3, -0.25) is 0 Å². The summed E-state index contributed by atoms with van der Waals surface area (Å²) in [5.41, 5.74) is 0. The molecule has 0 spiro atoms. The summed E-state index contributed by atoms with van der Waals surface area (Å²) >= 11 is 0. The molecule has 0 heteroatoms. The number of unbranched alkanes of at least 4 members (excludes halogenated alkanes) is 3. The molecule has 0 unspecified atom stereocenters. The first-order valence-corrected chi connectivity index (χ1v) is 5.94. The lowest BCUT2D eigenvalue weighted by Crippen LogP contribution is -1.70. The maximum atomic E-state index is 3.67. The van der Waals surface area contributed by atoms with Gasteiger partial charge in [-0.05, 0) is 45.4 Å². The van der Waals surface area contributed by atoms with E-state index in [-0.39, 0.29) is 0 Å². The van der Waals surface area contributed by atoms with E-state index in [4.69, 9.17) is 0 Å². The van der Waals surface area contributed by atoms with Crippen molar-refractivity contribution < 1.29 is 0 Å². The van der Waals surface area contributed by atoms with Crippen LogP contribution in [-0.2, 0) is 0 Å². The van der Waals surface area contributed by atoms with E-state index in [0.717, 1.165) is 19.3 Å². The zero-order chi connectivity index (χ0) is 11.2. The highest BCUT2D eigenvalue weighted by molar-refractivity contribution is 4.91. The first-order valence-electron chi connectivity index (χ1n) is 5.94. The predicted molar refractivity (Wildman–Crippen MR) is 71.0 cm³/mol. The summed E-state index contributed by atoms with van der Waals surface area (Å²) in [6.45, 7) is 5.75. The second-order valence-corrected chi connectivity index (χ2v) is 3.54. The second kappa shape index (κ2) is 13.0. The molecule has 0 aromatic heterocycles. The van der Waals surface area contributed by atoms with Crippen LogP contribution in [0.2, 0.25) is 0 Å². The summed E-state index contributed by atoms with van der Waals surface area (Å²) in [7, 11) is 0. The number of hydrogen-bond donors (Lipinski definition) is 0. The van der Waals surface area contributed by atoms with Crippen molar-refractivity contribution in [1.82, 2.24) is 0 Å². The number of rotatable bonds is 9. The van der Waals surface area contributed by atoms with Crippen molar-refractivity contribution in [2.45, 2.75) is 45.4 Å². The topological polar surface area (TPSA) is 0 Å². The van der Waals surface area contributed by atoms with E-state index >= 15 is 0 Å². The van der Waals surface area contributed by atoms with Crippen molar-refractivity contribution in [3.8, 4) is 0 Å². The van der Waals surface area contributed by atoms with Crippen LogP contribution in [0.25, 0.3) is 0 Å². The maximum Gasteiger partial charge on any atom is -0.0172 e.